The van der Waals surface area contributed by atoms with Crippen molar-refractivity contribution in [3.8, 4) is 5.75 Å². The van der Waals surface area contributed by atoms with Gasteiger partial charge in [0.2, 0.25) is 5.95 Å². The van der Waals surface area contributed by atoms with Gasteiger partial charge < -0.3 is 15.4 Å². The smallest absolute Gasteiger partial charge is 0.274 e. The molecule has 1 aromatic heterocycles. The van der Waals surface area contributed by atoms with Crippen LogP contribution in [0.1, 0.15) is 29.9 Å². The van der Waals surface area contributed by atoms with Gasteiger partial charge in [-0.15, -0.1) is 0 Å². The van der Waals surface area contributed by atoms with Gasteiger partial charge in [0, 0.05) is 12.7 Å². The van der Waals surface area contributed by atoms with E-state index in [0.29, 0.717) is 35.9 Å². The number of amides is 1. The zero-order chi connectivity index (χ0) is 20.6. The number of aromatic nitrogens is 2. The van der Waals surface area contributed by atoms with Crippen molar-refractivity contribution in [2.24, 2.45) is 0 Å². The van der Waals surface area contributed by atoms with Crippen LogP contribution < -0.4 is 15.4 Å². The zero-order valence-corrected chi connectivity index (χ0v) is 16.4. The first-order valence-corrected chi connectivity index (χ1v) is 9.40. The minimum atomic E-state index is -0.371. The standard InChI is InChI=1S/C22H23FN4O2/c1-15(2)29-20-10-6-5-9-18(20)26-21(28)19-12-14-25-22(27-19)24-13-11-16-7-3-4-8-17(16)23/h3-10,12,14-15H,11,13H2,1-2H3,(H,26,28)(H,24,25,27). The Labute approximate surface area is 169 Å². The van der Waals surface area contributed by atoms with Crippen LogP contribution in [0.2, 0.25) is 0 Å². The number of halogens is 1. The number of nitrogens with zero attached hydrogens (tertiary/aromatic N) is 2. The van der Waals surface area contributed by atoms with Crippen molar-refractivity contribution in [1.82, 2.24) is 9.97 Å². The largest absolute Gasteiger partial charge is 0.489 e. The molecule has 0 atom stereocenters. The van der Waals surface area contributed by atoms with Gasteiger partial charge in [0.05, 0.1) is 11.8 Å². The number of hydrogen-bond donors (Lipinski definition) is 2. The van der Waals surface area contributed by atoms with E-state index in [9.17, 15) is 9.18 Å². The van der Waals surface area contributed by atoms with Gasteiger partial charge in [-0.2, -0.15) is 0 Å². The van der Waals surface area contributed by atoms with Gasteiger partial charge in [-0.25, -0.2) is 14.4 Å². The van der Waals surface area contributed by atoms with Crippen LogP contribution in [0.25, 0.3) is 0 Å². The van der Waals surface area contributed by atoms with Gasteiger partial charge in [-0.3, -0.25) is 4.79 Å². The molecule has 6 nitrogen and oxygen atoms in total. The molecule has 0 saturated carbocycles. The van der Waals surface area contributed by atoms with Gasteiger partial charge in [0.15, 0.2) is 0 Å². The third kappa shape index (κ3) is 5.75. The molecule has 0 aliphatic rings. The highest BCUT2D eigenvalue weighted by Gasteiger charge is 2.13. The molecule has 3 rings (SSSR count). The number of nitrogens with one attached hydrogen (secondary N) is 2. The highest BCUT2D eigenvalue weighted by atomic mass is 19.1. The van der Waals surface area contributed by atoms with Gasteiger partial charge in [0.25, 0.3) is 5.91 Å². The van der Waals surface area contributed by atoms with E-state index in [2.05, 4.69) is 20.6 Å². The Bertz CT molecular complexity index is 978. The van der Waals surface area contributed by atoms with E-state index < -0.39 is 0 Å². The Morgan fingerprint density at radius 1 is 1.10 bits per heavy atom. The summed E-state index contributed by atoms with van der Waals surface area (Å²) in [6.07, 6.45) is 1.97. The Morgan fingerprint density at radius 2 is 1.86 bits per heavy atom. The lowest BCUT2D eigenvalue weighted by atomic mass is 10.1. The average Bonchev–Trinajstić information content (AvgIpc) is 2.71. The molecule has 3 aromatic rings. The molecule has 0 fully saturated rings. The second kappa shape index (κ2) is 9.64. The van der Waals surface area contributed by atoms with E-state index in [1.54, 1.807) is 30.3 Å². The highest BCUT2D eigenvalue weighted by Crippen LogP contribution is 2.25. The van der Waals surface area contributed by atoms with E-state index in [4.69, 9.17) is 4.74 Å². The summed E-state index contributed by atoms with van der Waals surface area (Å²) in [5, 5.41) is 5.84. The molecule has 0 aliphatic carbocycles. The van der Waals surface area contributed by atoms with E-state index in [1.807, 2.05) is 26.0 Å². The number of benzene rings is 2. The number of ether oxygens (including phenoxy) is 1. The Balaban J connectivity index is 1.63. The van der Waals surface area contributed by atoms with E-state index in [1.165, 1.54) is 18.3 Å². The second-order valence-corrected chi connectivity index (χ2v) is 6.65. The lowest BCUT2D eigenvalue weighted by Crippen LogP contribution is -2.17. The summed E-state index contributed by atoms with van der Waals surface area (Å²) >= 11 is 0. The molecule has 0 aliphatic heterocycles. The number of hydrogen-bond acceptors (Lipinski definition) is 5. The monoisotopic (exact) mass is 394 g/mol. The maximum Gasteiger partial charge on any atom is 0.274 e. The maximum atomic E-state index is 13.7. The summed E-state index contributed by atoms with van der Waals surface area (Å²) < 4.78 is 19.4. The van der Waals surface area contributed by atoms with Crippen LogP contribution in [-0.4, -0.2) is 28.5 Å². The van der Waals surface area contributed by atoms with Crippen LogP contribution in [0.4, 0.5) is 16.0 Å². The fourth-order valence-corrected chi connectivity index (χ4v) is 2.69. The lowest BCUT2D eigenvalue weighted by molar-refractivity contribution is 0.102. The molecular formula is C22H23FN4O2. The van der Waals surface area contributed by atoms with Crippen LogP contribution >= 0.6 is 0 Å². The summed E-state index contributed by atoms with van der Waals surface area (Å²) in [5.41, 5.74) is 1.39. The number of rotatable bonds is 8. The first kappa shape index (κ1) is 20.3. The van der Waals surface area contributed by atoms with Gasteiger partial charge in [-0.05, 0) is 50.1 Å². The average molecular weight is 394 g/mol. The van der Waals surface area contributed by atoms with Crippen molar-refractivity contribution < 1.29 is 13.9 Å². The van der Waals surface area contributed by atoms with Crippen LogP contribution in [0.15, 0.2) is 60.8 Å². The van der Waals surface area contributed by atoms with Crippen molar-refractivity contribution in [3.05, 3.63) is 77.9 Å². The molecule has 2 N–H and O–H groups in total. The third-order valence-corrected chi connectivity index (χ3v) is 4.02. The molecular weight excluding hydrogens is 371 g/mol. The van der Waals surface area contributed by atoms with Crippen molar-refractivity contribution in [2.45, 2.75) is 26.4 Å². The molecule has 0 radical (unpaired) electrons. The minimum Gasteiger partial charge on any atom is -0.489 e. The summed E-state index contributed by atoms with van der Waals surface area (Å²) in [6.45, 7) is 4.28. The lowest BCUT2D eigenvalue weighted by Gasteiger charge is -2.14. The van der Waals surface area contributed by atoms with E-state index in [-0.39, 0.29) is 23.5 Å². The van der Waals surface area contributed by atoms with Gasteiger partial charge in [0.1, 0.15) is 17.3 Å². The number of anilines is 2. The predicted molar refractivity (Wildman–Crippen MR) is 111 cm³/mol. The summed E-state index contributed by atoms with van der Waals surface area (Å²) in [4.78, 5) is 21.0. The topological polar surface area (TPSA) is 76.1 Å². The van der Waals surface area contributed by atoms with E-state index in [0.717, 1.165) is 0 Å². The Kier molecular flexibility index (Phi) is 6.73. The molecule has 0 saturated heterocycles. The first-order valence-electron chi connectivity index (χ1n) is 9.40. The molecule has 0 bridgehead atoms. The highest BCUT2D eigenvalue weighted by molar-refractivity contribution is 6.03. The molecule has 150 valence electrons. The van der Waals surface area contributed by atoms with Gasteiger partial charge in [-0.1, -0.05) is 30.3 Å². The first-order chi connectivity index (χ1) is 14.0. The molecule has 0 spiro atoms. The van der Waals surface area contributed by atoms with Crippen molar-refractivity contribution in [1.29, 1.82) is 0 Å². The zero-order valence-electron chi connectivity index (χ0n) is 16.4. The fraction of sp³-hybridized carbons (Fsp3) is 0.227. The Hall–Kier alpha value is -3.48. The normalized spacial score (nSPS) is 10.6. The molecule has 1 amide bonds. The number of carbonyl (C=O) groups excluding carboxylic acids is 1. The predicted octanol–water partition coefficient (Wildman–Crippen LogP) is 4.31. The fourth-order valence-electron chi connectivity index (χ4n) is 2.69. The van der Waals surface area contributed by atoms with Crippen LogP contribution in [0.3, 0.4) is 0 Å². The molecule has 2 aromatic carbocycles. The second-order valence-electron chi connectivity index (χ2n) is 6.65. The van der Waals surface area contributed by atoms with Crippen LogP contribution in [0.5, 0.6) is 5.75 Å². The molecule has 7 heteroatoms. The summed E-state index contributed by atoms with van der Waals surface area (Å²) in [6, 6.07) is 15.4. The Morgan fingerprint density at radius 3 is 2.66 bits per heavy atom. The van der Waals surface area contributed by atoms with Crippen molar-refractivity contribution in [2.75, 3.05) is 17.2 Å². The number of para-hydroxylation sites is 2. The SMILES string of the molecule is CC(C)Oc1ccccc1NC(=O)c1ccnc(NCCc2ccccc2F)n1. The van der Waals surface area contributed by atoms with E-state index >= 15 is 0 Å². The molecule has 1 heterocycles. The number of carbonyl (C=O) groups is 1. The van der Waals surface area contributed by atoms with Gasteiger partial charge >= 0.3 is 0 Å². The van der Waals surface area contributed by atoms with Crippen LogP contribution in [-0.2, 0) is 6.42 Å². The molecule has 0 unspecified atom stereocenters. The summed E-state index contributed by atoms with van der Waals surface area (Å²) in [5.74, 6) is 0.281. The third-order valence-electron chi connectivity index (χ3n) is 4.02. The minimum absolute atomic E-state index is 0.0163. The molecule has 29 heavy (non-hydrogen) atoms. The maximum absolute atomic E-state index is 13.7. The quantitative estimate of drug-likeness (QED) is 0.595. The summed E-state index contributed by atoms with van der Waals surface area (Å²) in [7, 11) is 0. The van der Waals surface area contributed by atoms with Crippen molar-refractivity contribution >= 4 is 17.5 Å². The van der Waals surface area contributed by atoms with Crippen molar-refractivity contribution in [3.63, 3.8) is 0 Å². The van der Waals surface area contributed by atoms with Crippen LogP contribution in [0, 0.1) is 5.82 Å².